The number of nitrogens with one attached hydrogen (secondary N) is 2. The van der Waals surface area contributed by atoms with E-state index >= 15 is 0 Å². The fraction of sp³-hybridized carbons (Fsp3) is 0.176. The number of aromatic hydroxyl groups is 1. The van der Waals surface area contributed by atoms with Crippen LogP contribution < -0.4 is 20.1 Å². The molecule has 1 atom stereocenters. The number of fused-ring (bicyclic) bond motifs is 1. The number of ether oxygens (including phenoxy) is 2. The minimum absolute atomic E-state index is 0.0984. The lowest BCUT2D eigenvalue weighted by molar-refractivity contribution is -0.122. The number of methoxy groups -OCH3 is 2. The zero-order chi connectivity index (χ0) is 29.6. The molecule has 1 aliphatic rings. The Hall–Kier alpha value is -4.95. The van der Waals surface area contributed by atoms with Crippen LogP contribution >= 0.6 is 0 Å². The molecule has 4 aromatic rings. The van der Waals surface area contributed by atoms with Gasteiger partial charge in [-0.25, -0.2) is 4.39 Å². The van der Waals surface area contributed by atoms with Gasteiger partial charge in [0.25, 0.3) is 0 Å². The van der Waals surface area contributed by atoms with Crippen molar-refractivity contribution in [3.05, 3.63) is 124 Å². The van der Waals surface area contributed by atoms with E-state index in [0.717, 1.165) is 27.8 Å². The Bertz CT molecular complexity index is 1630. The summed E-state index contributed by atoms with van der Waals surface area (Å²) in [6.07, 6.45) is 5.36. The average Bonchev–Trinajstić information content (AvgIpc) is 3.27. The molecule has 1 heterocycles. The molecule has 1 unspecified atom stereocenters. The summed E-state index contributed by atoms with van der Waals surface area (Å²) in [5.74, 6) is -0.211. The lowest BCUT2D eigenvalue weighted by Gasteiger charge is -2.22. The van der Waals surface area contributed by atoms with E-state index in [-0.39, 0.29) is 23.2 Å². The number of hydrogen-bond acceptors (Lipinski definition) is 6. The van der Waals surface area contributed by atoms with Crippen molar-refractivity contribution in [2.24, 2.45) is 0 Å². The Balaban J connectivity index is 1.59. The summed E-state index contributed by atoms with van der Waals surface area (Å²) in [5.41, 5.74) is 6.33. The van der Waals surface area contributed by atoms with Crippen LogP contribution in [0.2, 0.25) is 0 Å². The Labute approximate surface area is 244 Å². The molecule has 1 aromatic heterocycles. The highest BCUT2D eigenvalue weighted by molar-refractivity contribution is 6.11. The molecule has 0 bridgehead atoms. The molecule has 3 aromatic carbocycles. The number of halogens is 1. The van der Waals surface area contributed by atoms with Gasteiger partial charge in [-0.05, 0) is 87.9 Å². The second kappa shape index (κ2) is 12.7. The van der Waals surface area contributed by atoms with E-state index in [1.54, 1.807) is 30.6 Å². The van der Waals surface area contributed by atoms with Crippen molar-refractivity contribution in [3.8, 4) is 17.2 Å². The number of phenolic OH excluding ortho intramolecular Hbond substituents is 1. The zero-order valence-electron chi connectivity index (χ0n) is 23.6. The normalized spacial score (nSPS) is 14.0. The molecular weight excluding hydrogens is 533 g/mol. The SMILES string of the molecule is COc1cc(/C=C2/C(C)=C(C(NCc3cccnc3)C(=O)NCc3ccccc3)c3cc(F)ccc32)cc(OC)c1O. The summed E-state index contributed by atoms with van der Waals surface area (Å²) in [6, 6.07) is 20.7. The molecule has 42 heavy (non-hydrogen) atoms. The van der Waals surface area contributed by atoms with Crippen LogP contribution in [0.15, 0.2) is 90.8 Å². The number of phenols is 1. The molecule has 0 radical (unpaired) electrons. The lowest BCUT2D eigenvalue weighted by atomic mass is 9.97. The Morgan fingerprint density at radius 3 is 2.33 bits per heavy atom. The highest BCUT2D eigenvalue weighted by Gasteiger charge is 2.33. The molecule has 0 spiro atoms. The van der Waals surface area contributed by atoms with Crippen LogP contribution in [-0.2, 0) is 17.9 Å². The molecule has 0 aliphatic heterocycles. The van der Waals surface area contributed by atoms with Gasteiger partial charge in [0.1, 0.15) is 11.9 Å². The molecule has 8 heteroatoms. The largest absolute Gasteiger partial charge is 0.502 e. The second-order valence-electron chi connectivity index (χ2n) is 9.94. The van der Waals surface area contributed by atoms with Crippen LogP contribution in [0.25, 0.3) is 17.2 Å². The van der Waals surface area contributed by atoms with Crippen molar-refractivity contribution < 1.29 is 23.8 Å². The predicted octanol–water partition coefficient (Wildman–Crippen LogP) is 5.75. The van der Waals surface area contributed by atoms with Crippen molar-refractivity contribution in [2.45, 2.75) is 26.1 Å². The van der Waals surface area contributed by atoms with Gasteiger partial charge in [0, 0.05) is 25.5 Å². The number of benzene rings is 3. The quantitative estimate of drug-likeness (QED) is 0.227. The van der Waals surface area contributed by atoms with Gasteiger partial charge < -0.3 is 19.9 Å². The van der Waals surface area contributed by atoms with Crippen LogP contribution in [0.3, 0.4) is 0 Å². The Morgan fingerprint density at radius 1 is 0.952 bits per heavy atom. The van der Waals surface area contributed by atoms with Crippen LogP contribution in [0.4, 0.5) is 4.39 Å². The number of allylic oxidation sites excluding steroid dienone is 2. The monoisotopic (exact) mass is 565 g/mol. The smallest absolute Gasteiger partial charge is 0.242 e. The van der Waals surface area contributed by atoms with Crippen molar-refractivity contribution in [1.29, 1.82) is 0 Å². The van der Waals surface area contributed by atoms with E-state index in [1.807, 2.05) is 55.5 Å². The second-order valence-corrected chi connectivity index (χ2v) is 9.94. The molecule has 214 valence electrons. The number of pyridine rings is 1. The Morgan fingerprint density at radius 2 is 1.67 bits per heavy atom. The molecule has 7 nitrogen and oxygen atoms in total. The summed E-state index contributed by atoms with van der Waals surface area (Å²) in [6.45, 7) is 2.66. The minimum atomic E-state index is -0.788. The highest BCUT2D eigenvalue weighted by Crippen LogP contribution is 2.45. The van der Waals surface area contributed by atoms with Gasteiger partial charge in [0.15, 0.2) is 11.5 Å². The summed E-state index contributed by atoms with van der Waals surface area (Å²) in [5, 5.41) is 16.9. The third-order valence-corrected chi connectivity index (χ3v) is 7.28. The van der Waals surface area contributed by atoms with Gasteiger partial charge in [0.2, 0.25) is 11.7 Å². The first-order chi connectivity index (χ1) is 20.4. The maximum atomic E-state index is 14.7. The van der Waals surface area contributed by atoms with Gasteiger partial charge in [-0.1, -0.05) is 42.5 Å². The van der Waals surface area contributed by atoms with Crippen molar-refractivity contribution in [3.63, 3.8) is 0 Å². The van der Waals surface area contributed by atoms with E-state index in [0.29, 0.717) is 29.8 Å². The van der Waals surface area contributed by atoms with Gasteiger partial charge in [-0.3, -0.25) is 15.1 Å². The topological polar surface area (TPSA) is 92.7 Å². The Kier molecular flexibility index (Phi) is 8.64. The maximum absolute atomic E-state index is 14.7. The summed E-state index contributed by atoms with van der Waals surface area (Å²) in [4.78, 5) is 18.0. The number of carbonyl (C=O) groups is 1. The van der Waals surface area contributed by atoms with Crippen LogP contribution in [-0.4, -0.2) is 36.3 Å². The van der Waals surface area contributed by atoms with E-state index < -0.39 is 11.9 Å². The predicted molar refractivity (Wildman–Crippen MR) is 161 cm³/mol. The molecule has 0 saturated carbocycles. The van der Waals surface area contributed by atoms with E-state index in [2.05, 4.69) is 15.6 Å². The van der Waals surface area contributed by atoms with Crippen molar-refractivity contribution >= 4 is 23.1 Å². The maximum Gasteiger partial charge on any atom is 0.242 e. The number of nitrogens with zero attached hydrogens (tertiary/aromatic N) is 1. The third kappa shape index (κ3) is 6.04. The highest BCUT2D eigenvalue weighted by atomic mass is 19.1. The summed E-state index contributed by atoms with van der Waals surface area (Å²) < 4.78 is 25.4. The van der Waals surface area contributed by atoms with Crippen molar-refractivity contribution in [2.75, 3.05) is 14.2 Å². The van der Waals surface area contributed by atoms with E-state index in [9.17, 15) is 14.3 Å². The first-order valence-electron chi connectivity index (χ1n) is 13.5. The van der Waals surface area contributed by atoms with Gasteiger partial charge in [-0.15, -0.1) is 0 Å². The lowest BCUT2D eigenvalue weighted by Crippen LogP contribution is -2.44. The van der Waals surface area contributed by atoms with E-state index in [4.69, 9.17) is 9.47 Å². The summed E-state index contributed by atoms with van der Waals surface area (Å²) in [7, 11) is 2.93. The fourth-order valence-corrected chi connectivity index (χ4v) is 5.18. The van der Waals surface area contributed by atoms with Crippen molar-refractivity contribution in [1.82, 2.24) is 15.6 Å². The molecule has 1 amide bonds. The number of aromatic nitrogens is 1. The molecular formula is C34H32FN3O4. The fourth-order valence-electron chi connectivity index (χ4n) is 5.18. The zero-order valence-corrected chi connectivity index (χ0v) is 23.6. The van der Waals surface area contributed by atoms with Crippen LogP contribution in [0, 0.1) is 5.82 Å². The van der Waals surface area contributed by atoms with Crippen LogP contribution in [0.1, 0.15) is 34.7 Å². The molecule has 1 aliphatic carbocycles. The number of rotatable bonds is 10. The first kappa shape index (κ1) is 28.6. The standard InChI is InChI=1S/C34H32FN3O4/c1-21-27(14-24-15-29(41-2)33(39)30(16-24)42-3)26-12-11-25(35)17-28(26)31(21)32(37-20-23-10-7-13-36-18-23)34(40)38-19-22-8-5-4-6-9-22/h4-18,32,37,39H,19-20H2,1-3H3,(H,38,40)/b27-14-. The number of carbonyl (C=O) groups excluding carboxylic acids is 1. The minimum Gasteiger partial charge on any atom is -0.502 e. The molecule has 0 saturated heterocycles. The van der Waals surface area contributed by atoms with Crippen LogP contribution in [0.5, 0.6) is 17.2 Å². The molecule has 0 fully saturated rings. The van der Waals surface area contributed by atoms with Gasteiger partial charge in [0.05, 0.1) is 14.2 Å². The first-order valence-corrected chi connectivity index (χ1v) is 13.5. The number of hydrogen-bond donors (Lipinski definition) is 3. The number of amides is 1. The van der Waals surface area contributed by atoms with E-state index in [1.165, 1.54) is 26.4 Å². The van der Waals surface area contributed by atoms with Gasteiger partial charge in [-0.2, -0.15) is 0 Å². The molecule has 5 rings (SSSR count). The molecule has 3 N–H and O–H groups in total. The van der Waals surface area contributed by atoms with Gasteiger partial charge >= 0.3 is 0 Å². The average molecular weight is 566 g/mol. The summed E-state index contributed by atoms with van der Waals surface area (Å²) >= 11 is 0. The third-order valence-electron chi connectivity index (χ3n) is 7.28.